The van der Waals surface area contributed by atoms with Gasteiger partial charge >= 0.3 is 11.9 Å². The van der Waals surface area contributed by atoms with Gasteiger partial charge in [0.15, 0.2) is 11.5 Å². The van der Waals surface area contributed by atoms with E-state index in [-0.39, 0.29) is 34.1 Å². The summed E-state index contributed by atoms with van der Waals surface area (Å²) in [5, 5.41) is 2.23. The van der Waals surface area contributed by atoms with Gasteiger partial charge in [0.05, 0.1) is 11.3 Å². The third-order valence-electron chi connectivity index (χ3n) is 5.18. The number of halogens is 6. The minimum Gasteiger partial charge on any atom is -0.382 e. The number of nitrogens with two attached hydrogens (primary N) is 1. The Bertz CT molecular complexity index is 1480. The SMILES string of the molecule is Nc1ncnc2c1n(-c1ccc(C(=O)Nc3cc(C(F)(F)F)ccn3)cc1)c(=O)n2C(CF)C(F)F. The van der Waals surface area contributed by atoms with Crippen LogP contribution in [-0.4, -0.2) is 43.1 Å². The Morgan fingerprint density at radius 1 is 1.08 bits per heavy atom. The van der Waals surface area contributed by atoms with Gasteiger partial charge in [-0.3, -0.25) is 13.9 Å². The van der Waals surface area contributed by atoms with Gasteiger partial charge in [0.1, 0.15) is 30.4 Å². The van der Waals surface area contributed by atoms with Crippen molar-refractivity contribution in [3.63, 3.8) is 0 Å². The van der Waals surface area contributed by atoms with Crippen LogP contribution in [-0.2, 0) is 6.18 Å². The van der Waals surface area contributed by atoms with Crippen molar-refractivity contribution in [2.24, 2.45) is 0 Å². The zero-order chi connectivity index (χ0) is 26.2. The van der Waals surface area contributed by atoms with Crippen LogP contribution in [0.25, 0.3) is 16.9 Å². The number of rotatable bonds is 6. The van der Waals surface area contributed by atoms with E-state index in [2.05, 4.69) is 20.3 Å². The molecule has 1 amide bonds. The molecule has 0 radical (unpaired) electrons. The molecule has 1 aromatic carbocycles. The summed E-state index contributed by atoms with van der Waals surface area (Å²) in [6.45, 7) is -1.55. The smallest absolute Gasteiger partial charge is 0.382 e. The second-order valence-electron chi connectivity index (χ2n) is 7.40. The minimum atomic E-state index is -4.63. The number of anilines is 2. The highest BCUT2D eigenvalue weighted by atomic mass is 19.4. The van der Waals surface area contributed by atoms with Gasteiger partial charge in [0, 0.05) is 11.8 Å². The van der Waals surface area contributed by atoms with Crippen LogP contribution in [0.15, 0.2) is 53.7 Å². The number of nitrogens with zero attached hydrogens (tertiary/aromatic N) is 5. The maximum atomic E-state index is 13.4. The first-order valence-electron chi connectivity index (χ1n) is 10.1. The minimum absolute atomic E-state index is 0.0202. The zero-order valence-corrected chi connectivity index (χ0v) is 17.9. The molecule has 15 heteroatoms. The molecule has 0 spiro atoms. The number of hydrogen-bond donors (Lipinski definition) is 2. The van der Waals surface area contributed by atoms with E-state index in [1.807, 2.05) is 0 Å². The molecule has 3 aromatic heterocycles. The first kappa shape index (κ1) is 24.7. The third kappa shape index (κ3) is 4.46. The number of alkyl halides is 6. The highest BCUT2D eigenvalue weighted by molar-refractivity contribution is 6.03. The molecule has 9 nitrogen and oxygen atoms in total. The van der Waals surface area contributed by atoms with Gasteiger partial charge in [0.25, 0.3) is 12.3 Å². The largest absolute Gasteiger partial charge is 0.416 e. The van der Waals surface area contributed by atoms with Crippen LogP contribution >= 0.6 is 0 Å². The molecule has 0 saturated heterocycles. The Hall–Kier alpha value is -4.43. The number of benzene rings is 1. The fourth-order valence-corrected chi connectivity index (χ4v) is 3.48. The lowest BCUT2D eigenvalue weighted by atomic mass is 10.2. The van der Waals surface area contributed by atoms with Crippen LogP contribution in [0.1, 0.15) is 22.0 Å². The Morgan fingerprint density at radius 3 is 2.39 bits per heavy atom. The summed E-state index contributed by atoms with van der Waals surface area (Å²) < 4.78 is 80.2. The predicted octanol–water partition coefficient (Wildman–Crippen LogP) is 3.61. The van der Waals surface area contributed by atoms with Gasteiger partial charge < -0.3 is 11.1 Å². The topological polar surface area (TPSA) is 121 Å². The highest BCUT2D eigenvalue weighted by Crippen LogP contribution is 2.30. The molecular formula is C21H15F6N7O2. The Balaban J connectivity index is 1.71. The van der Waals surface area contributed by atoms with Crippen molar-refractivity contribution in [2.45, 2.75) is 18.6 Å². The molecule has 0 saturated carbocycles. The summed E-state index contributed by atoms with van der Waals surface area (Å²) in [5.74, 6) is -1.38. The lowest BCUT2D eigenvalue weighted by Gasteiger charge is -2.13. The molecule has 3 N–H and O–H groups in total. The van der Waals surface area contributed by atoms with E-state index in [1.165, 1.54) is 24.3 Å². The summed E-state index contributed by atoms with van der Waals surface area (Å²) in [5.41, 5.74) is 3.36. The Morgan fingerprint density at radius 2 is 1.78 bits per heavy atom. The van der Waals surface area contributed by atoms with Crippen molar-refractivity contribution >= 4 is 28.7 Å². The van der Waals surface area contributed by atoms with E-state index in [1.54, 1.807) is 0 Å². The maximum absolute atomic E-state index is 13.4. The molecule has 188 valence electrons. The van der Waals surface area contributed by atoms with Crippen LogP contribution in [0.4, 0.5) is 38.0 Å². The van der Waals surface area contributed by atoms with E-state index in [9.17, 15) is 35.9 Å². The number of fused-ring (bicyclic) bond motifs is 1. The number of nitrogen functional groups attached to an aromatic ring is 1. The van der Waals surface area contributed by atoms with Crippen molar-refractivity contribution < 1.29 is 31.1 Å². The standard InChI is InChI=1S/C21H15F6N7O2/c22-8-13(16(23)24)34-18-15(17(28)30-9-31-18)33(20(34)36)12-3-1-10(2-4-12)19(35)32-14-7-11(5-6-29-14)21(25,26)27/h1-7,9,13,16H,8H2,(H2,28,30,31)(H,29,32,35). The van der Waals surface area contributed by atoms with Crippen molar-refractivity contribution in [3.8, 4) is 5.69 Å². The number of nitrogens with one attached hydrogen (secondary N) is 1. The van der Waals surface area contributed by atoms with Gasteiger partial charge in [0.2, 0.25) is 0 Å². The predicted molar refractivity (Wildman–Crippen MR) is 116 cm³/mol. The quantitative estimate of drug-likeness (QED) is 0.382. The normalized spacial score (nSPS) is 12.8. The fourth-order valence-electron chi connectivity index (χ4n) is 3.48. The van der Waals surface area contributed by atoms with Gasteiger partial charge in [-0.05, 0) is 36.4 Å². The molecular weight excluding hydrogens is 496 g/mol. The number of pyridine rings is 1. The number of imidazole rings is 1. The van der Waals surface area contributed by atoms with Crippen molar-refractivity contribution in [1.29, 1.82) is 0 Å². The molecule has 4 aromatic rings. The average molecular weight is 511 g/mol. The van der Waals surface area contributed by atoms with Crippen LogP contribution < -0.4 is 16.7 Å². The van der Waals surface area contributed by atoms with E-state index >= 15 is 0 Å². The van der Waals surface area contributed by atoms with Crippen molar-refractivity contribution in [3.05, 3.63) is 70.5 Å². The van der Waals surface area contributed by atoms with E-state index < -0.39 is 42.5 Å². The summed E-state index contributed by atoms with van der Waals surface area (Å²) >= 11 is 0. The molecule has 36 heavy (non-hydrogen) atoms. The van der Waals surface area contributed by atoms with E-state index in [0.29, 0.717) is 10.6 Å². The van der Waals surface area contributed by atoms with Gasteiger partial charge in [-0.1, -0.05) is 0 Å². The molecule has 0 aliphatic rings. The molecule has 0 aliphatic carbocycles. The number of carbonyl (C=O) groups is 1. The monoisotopic (exact) mass is 511 g/mol. The average Bonchev–Trinajstić information content (AvgIpc) is 3.12. The van der Waals surface area contributed by atoms with Gasteiger partial charge in [-0.15, -0.1) is 0 Å². The second kappa shape index (κ2) is 9.31. The summed E-state index contributed by atoms with van der Waals surface area (Å²) in [6.07, 6.45) is -6.03. The lowest BCUT2D eigenvalue weighted by molar-refractivity contribution is -0.137. The van der Waals surface area contributed by atoms with Crippen LogP contribution in [0, 0.1) is 0 Å². The molecule has 1 unspecified atom stereocenters. The number of amides is 1. The third-order valence-corrected chi connectivity index (χ3v) is 5.18. The molecule has 0 aliphatic heterocycles. The summed E-state index contributed by atoms with van der Waals surface area (Å²) in [6, 6.07) is 4.27. The molecule has 3 heterocycles. The molecule has 4 rings (SSSR count). The first-order valence-corrected chi connectivity index (χ1v) is 10.1. The van der Waals surface area contributed by atoms with Crippen molar-refractivity contribution in [1.82, 2.24) is 24.1 Å². The fraction of sp³-hybridized carbons (Fsp3) is 0.190. The number of hydrogen-bond acceptors (Lipinski definition) is 6. The van der Waals surface area contributed by atoms with Crippen LogP contribution in [0.2, 0.25) is 0 Å². The molecule has 0 bridgehead atoms. The maximum Gasteiger partial charge on any atom is 0.416 e. The van der Waals surface area contributed by atoms with Gasteiger partial charge in [-0.2, -0.15) is 13.2 Å². The van der Waals surface area contributed by atoms with Crippen LogP contribution in [0.5, 0.6) is 0 Å². The Labute approximate surface area is 197 Å². The molecule has 1 atom stereocenters. The first-order chi connectivity index (χ1) is 17.0. The number of aromatic nitrogens is 5. The Kier molecular flexibility index (Phi) is 6.39. The van der Waals surface area contributed by atoms with E-state index in [4.69, 9.17) is 5.73 Å². The molecule has 0 fully saturated rings. The zero-order valence-electron chi connectivity index (χ0n) is 17.9. The summed E-state index contributed by atoms with van der Waals surface area (Å²) in [7, 11) is 0. The van der Waals surface area contributed by atoms with Gasteiger partial charge in [-0.25, -0.2) is 32.9 Å². The van der Waals surface area contributed by atoms with E-state index in [0.717, 1.165) is 23.2 Å². The highest BCUT2D eigenvalue weighted by Gasteiger charge is 2.31. The van der Waals surface area contributed by atoms with Crippen molar-refractivity contribution in [2.75, 3.05) is 17.7 Å². The van der Waals surface area contributed by atoms with Crippen LogP contribution in [0.3, 0.4) is 0 Å². The number of carbonyl (C=O) groups excluding carboxylic acids is 1. The summed E-state index contributed by atoms with van der Waals surface area (Å²) in [4.78, 5) is 36.8. The lowest BCUT2D eigenvalue weighted by Crippen LogP contribution is -2.31. The second-order valence-corrected chi connectivity index (χ2v) is 7.40.